The molecule has 3 nitrogen and oxygen atoms in total. The van der Waals surface area contributed by atoms with Gasteiger partial charge in [0.25, 0.3) is 0 Å². The first kappa shape index (κ1) is 18.7. The molecule has 142 valence electrons. The Morgan fingerprint density at radius 3 is 2.18 bits per heavy atom. The van der Waals surface area contributed by atoms with Crippen molar-refractivity contribution < 1.29 is 4.90 Å². The van der Waals surface area contributed by atoms with Crippen molar-refractivity contribution >= 4 is 17.8 Å². The molecular weight excluding hydrogens is 366 g/mol. The fourth-order valence-corrected chi connectivity index (χ4v) is 3.76. The summed E-state index contributed by atoms with van der Waals surface area (Å²) in [6, 6.07) is 27.2. The van der Waals surface area contributed by atoms with Gasteiger partial charge in [-0.05, 0) is 22.8 Å². The Morgan fingerprint density at radius 1 is 0.821 bits per heavy atom. The van der Waals surface area contributed by atoms with Crippen LogP contribution in [-0.2, 0) is 6.54 Å². The summed E-state index contributed by atoms with van der Waals surface area (Å²) in [5, 5.41) is 7.72. The number of hydrazone groups is 1. The highest BCUT2D eigenvalue weighted by Gasteiger charge is 2.19. The fourth-order valence-electron chi connectivity index (χ4n) is 3.56. The number of rotatable bonds is 5. The molecule has 3 aromatic rings. The highest BCUT2D eigenvalue weighted by molar-refractivity contribution is 6.31. The number of hydrogen-bond donors (Lipinski definition) is 1. The topological polar surface area (TPSA) is 20.0 Å². The lowest BCUT2D eigenvalue weighted by Crippen LogP contribution is -3.13. The molecule has 0 aliphatic carbocycles. The monoisotopic (exact) mass is 390 g/mol. The molecule has 1 aliphatic rings. The summed E-state index contributed by atoms with van der Waals surface area (Å²) in [6.45, 7) is 5.08. The molecular formula is C24H25ClN3+. The van der Waals surface area contributed by atoms with Crippen LogP contribution in [0.4, 0.5) is 0 Å². The average molecular weight is 391 g/mol. The third kappa shape index (κ3) is 4.80. The first-order valence-electron chi connectivity index (χ1n) is 9.79. The summed E-state index contributed by atoms with van der Waals surface area (Å²) in [6.07, 6.45) is 1.97. The SMILES string of the molecule is Clc1ccccc1C[NH+]1CCN(/N=C\c2ccc(-c3ccccc3)cc2)CC1. The third-order valence-electron chi connectivity index (χ3n) is 5.23. The van der Waals surface area contributed by atoms with Crippen LogP contribution < -0.4 is 4.90 Å². The molecule has 1 aliphatic heterocycles. The predicted molar refractivity (Wildman–Crippen MR) is 117 cm³/mol. The minimum absolute atomic E-state index is 0.870. The number of nitrogens with one attached hydrogen (secondary N) is 1. The molecule has 0 bridgehead atoms. The number of piperazine rings is 1. The van der Waals surface area contributed by atoms with Crippen molar-refractivity contribution in [3.8, 4) is 11.1 Å². The molecule has 0 unspecified atom stereocenters. The van der Waals surface area contributed by atoms with Crippen molar-refractivity contribution in [1.82, 2.24) is 5.01 Å². The van der Waals surface area contributed by atoms with Gasteiger partial charge in [0, 0.05) is 10.6 Å². The first-order valence-corrected chi connectivity index (χ1v) is 10.2. The number of hydrogen-bond acceptors (Lipinski definition) is 2. The Bertz CT molecular complexity index is 914. The molecule has 4 heteroatoms. The Hall–Kier alpha value is -2.62. The van der Waals surface area contributed by atoms with E-state index in [-0.39, 0.29) is 0 Å². The Kier molecular flexibility index (Phi) is 6.05. The van der Waals surface area contributed by atoms with Gasteiger partial charge in [-0.25, -0.2) is 0 Å². The summed E-state index contributed by atoms with van der Waals surface area (Å²) < 4.78 is 0. The van der Waals surface area contributed by atoms with E-state index < -0.39 is 0 Å². The lowest BCUT2D eigenvalue weighted by molar-refractivity contribution is -0.918. The predicted octanol–water partition coefficient (Wildman–Crippen LogP) is 3.74. The van der Waals surface area contributed by atoms with E-state index in [0.29, 0.717) is 0 Å². The van der Waals surface area contributed by atoms with E-state index in [1.165, 1.54) is 16.7 Å². The van der Waals surface area contributed by atoms with Crippen molar-refractivity contribution in [2.45, 2.75) is 6.54 Å². The molecule has 0 atom stereocenters. The minimum Gasteiger partial charge on any atom is -0.328 e. The molecule has 4 rings (SSSR count). The minimum atomic E-state index is 0.870. The molecule has 1 saturated heterocycles. The first-order chi connectivity index (χ1) is 13.8. The highest BCUT2D eigenvalue weighted by Crippen LogP contribution is 2.18. The van der Waals surface area contributed by atoms with E-state index >= 15 is 0 Å². The molecule has 1 N–H and O–H groups in total. The Morgan fingerprint density at radius 2 is 1.46 bits per heavy atom. The Balaban J connectivity index is 1.30. The van der Waals surface area contributed by atoms with Gasteiger partial charge in [-0.15, -0.1) is 0 Å². The second-order valence-electron chi connectivity index (χ2n) is 7.20. The molecule has 0 amide bonds. The molecule has 0 spiro atoms. The van der Waals surface area contributed by atoms with E-state index in [1.807, 2.05) is 24.4 Å². The second kappa shape index (κ2) is 9.05. The van der Waals surface area contributed by atoms with Crippen LogP contribution in [0.3, 0.4) is 0 Å². The average Bonchev–Trinajstić information content (AvgIpc) is 2.76. The summed E-state index contributed by atoms with van der Waals surface area (Å²) in [5.74, 6) is 0. The largest absolute Gasteiger partial charge is 0.328 e. The van der Waals surface area contributed by atoms with Crippen LogP contribution in [-0.4, -0.2) is 37.4 Å². The van der Waals surface area contributed by atoms with E-state index in [0.717, 1.165) is 43.3 Å². The van der Waals surface area contributed by atoms with Crippen LogP contribution in [0.15, 0.2) is 84.0 Å². The van der Waals surface area contributed by atoms with E-state index in [1.54, 1.807) is 4.90 Å². The lowest BCUT2D eigenvalue weighted by Gasteiger charge is -2.30. The Labute approximate surface area is 171 Å². The maximum absolute atomic E-state index is 6.29. The van der Waals surface area contributed by atoms with E-state index in [2.05, 4.69) is 70.8 Å². The molecule has 0 radical (unpaired) electrons. The fraction of sp³-hybridized carbons (Fsp3) is 0.208. The van der Waals surface area contributed by atoms with Crippen molar-refractivity contribution in [2.24, 2.45) is 5.10 Å². The molecule has 3 aromatic carbocycles. The van der Waals surface area contributed by atoms with Crippen molar-refractivity contribution in [3.63, 3.8) is 0 Å². The van der Waals surface area contributed by atoms with Gasteiger partial charge in [-0.3, -0.25) is 5.01 Å². The van der Waals surface area contributed by atoms with Crippen LogP contribution in [0.5, 0.6) is 0 Å². The molecule has 1 heterocycles. The van der Waals surface area contributed by atoms with Gasteiger partial charge >= 0.3 is 0 Å². The van der Waals surface area contributed by atoms with Crippen molar-refractivity contribution in [3.05, 3.63) is 95.0 Å². The smallest absolute Gasteiger partial charge is 0.104 e. The number of nitrogens with zero attached hydrogens (tertiary/aromatic N) is 2. The summed E-state index contributed by atoms with van der Waals surface area (Å²) in [7, 11) is 0. The molecule has 0 saturated carbocycles. The molecule has 28 heavy (non-hydrogen) atoms. The maximum atomic E-state index is 6.29. The molecule has 0 aromatic heterocycles. The van der Waals surface area contributed by atoms with Crippen LogP contribution in [0, 0.1) is 0 Å². The van der Waals surface area contributed by atoms with Gasteiger partial charge in [-0.2, -0.15) is 5.10 Å². The van der Waals surface area contributed by atoms with Gasteiger partial charge in [0.05, 0.1) is 32.4 Å². The maximum Gasteiger partial charge on any atom is 0.104 e. The standard InChI is InChI=1S/C24H24ClN3/c25-24-9-5-4-8-23(24)19-27-14-16-28(17-15-27)26-18-20-10-12-22(13-11-20)21-6-2-1-3-7-21/h1-13,18H,14-17,19H2/p+1/b26-18-. The third-order valence-corrected chi connectivity index (χ3v) is 5.60. The normalized spacial score (nSPS) is 15.2. The lowest BCUT2D eigenvalue weighted by atomic mass is 10.0. The van der Waals surface area contributed by atoms with E-state index in [9.17, 15) is 0 Å². The van der Waals surface area contributed by atoms with Crippen LogP contribution in [0.2, 0.25) is 5.02 Å². The van der Waals surface area contributed by atoms with Crippen LogP contribution in [0.1, 0.15) is 11.1 Å². The van der Waals surface area contributed by atoms with Crippen molar-refractivity contribution in [2.75, 3.05) is 26.2 Å². The number of halogens is 1. The van der Waals surface area contributed by atoms with Crippen LogP contribution >= 0.6 is 11.6 Å². The quantitative estimate of drug-likeness (QED) is 0.658. The van der Waals surface area contributed by atoms with Gasteiger partial charge in [0.15, 0.2) is 0 Å². The van der Waals surface area contributed by atoms with E-state index in [4.69, 9.17) is 11.6 Å². The molecule has 1 fully saturated rings. The van der Waals surface area contributed by atoms with Crippen molar-refractivity contribution in [1.29, 1.82) is 0 Å². The zero-order chi connectivity index (χ0) is 19.2. The van der Waals surface area contributed by atoms with Crippen LogP contribution in [0.25, 0.3) is 11.1 Å². The second-order valence-corrected chi connectivity index (χ2v) is 7.61. The summed E-state index contributed by atoms with van der Waals surface area (Å²) in [4.78, 5) is 1.56. The number of quaternary nitrogens is 1. The van der Waals surface area contributed by atoms with Gasteiger partial charge in [0.1, 0.15) is 6.54 Å². The zero-order valence-corrected chi connectivity index (χ0v) is 16.6. The van der Waals surface area contributed by atoms with Gasteiger partial charge in [0.2, 0.25) is 0 Å². The van der Waals surface area contributed by atoms with Gasteiger partial charge < -0.3 is 4.90 Å². The number of benzene rings is 3. The summed E-state index contributed by atoms with van der Waals surface area (Å²) in [5.41, 5.74) is 4.83. The zero-order valence-electron chi connectivity index (χ0n) is 15.9. The summed E-state index contributed by atoms with van der Waals surface area (Å²) >= 11 is 6.29. The highest BCUT2D eigenvalue weighted by atomic mass is 35.5. The van der Waals surface area contributed by atoms with Gasteiger partial charge in [-0.1, -0.05) is 84.4 Å².